The highest BCUT2D eigenvalue weighted by atomic mass is 15.6. The summed E-state index contributed by atoms with van der Waals surface area (Å²) < 4.78 is 1.74. The van der Waals surface area contributed by atoms with Gasteiger partial charge in [-0.2, -0.15) is 4.68 Å². The lowest BCUT2D eigenvalue weighted by molar-refractivity contribution is 0.763. The third-order valence-corrected chi connectivity index (χ3v) is 4.11. The Morgan fingerprint density at radius 2 is 1.61 bits per heavy atom. The van der Waals surface area contributed by atoms with Crippen molar-refractivity contribution < 1.29 is 0 Å². The largest absolute Gasteiger partial charge is 0.369 e. The summed E-state index contributed by atoms with van der Waals surface area (Å²) in [5, 5.41) is 15.5. The Balaban J connectivity index is 1.47. The molecule has 1 fully saturated rings. The van der Waals surface area contributed by atoms with Gasteiger partial charge in [-0.1, -0.05) is 41.5 Å². The quantitative estimate of drug-likeness (QED) is 0.802. The van der Waals surface area contributed by atoms with Gasteiger partial charge in [0.15, 0.2) is 0 Å². The summed E-state index contributed by atoms with van der Waals surface area (Å²) in [6, 6.07) is 20.8. The van der Waals surface area contributed by atoms with Gasteiger partial charge in [0.1, 0.15) is 0 Å². The predicted molar refractivity (Wildman–Crippen MR) is 89.8 cm³/mol. The van der Waals surface area contributed by atoms with Crippen molar-refractivity contribution in [1.82, 2.24) is 20.2 Å². The van der Waals surface area contributed by atoms with Gasteiger partial charge in [0.2, 0.25) is 5.95 Å². The molecule has 0 radical (unpaired) electrons. The summed E-state index contributed by atoms with van der Waals surface area (Å²) >= 11 is 0. The second-order valence-corrected chi connectivity index (χ2v) is 5.66. The lowest BCUT2D eigenvalue weighted by Gasteiger charge is -2.19. The summed E-state index contributed by atoms with van der Waals surface area (Å²) in [6.07, 6.45) is 1.07. The molecule has 2 heterocycles. The molecule has 0 saturated carbocycles. The molecular formula is C17H18N6. The average molecular weight is 306 g/mol. The molecule has 6 heteroatoms. The van der Waals surface area contributed by atoms with Gasteiger partial charge in [-0.25, -0.2) is 0 Å². The van der Waals surface area contributed by atoms with Crippen molar-refractivity contribution in [1.29, 1.82) is 0 Å². The Kier molecular flexibility index (Phi) is 3.63. The van der Waals surface area contributed by atoms with E-state index >= 15 is 0 Å². The summed E-state index contributed by atoms with van der Waals surface area (Å²) in [7, 11) is 0. The van der Waals surface area contributed by atoms with Crippen LogP contribution in [0.4, 0.5) is 11.6 Å². The fourth-order valence-electron chi connectivity index (χ4n) is 2.95. The zero-order valence-corrected chi connectivity index (χ0v) is 12.7. The third kappa shape index (κ3) is 2.88. The van der Waals surface area contributed by atoms with Crippen LogP contribution in [0.25, 0.3) is 5.69 Å². The number of nitrogens with zero attached hydrogens (tertiary/aromatic N) is 5. The van der Waals surface area contributed by atoms with Crippen LogP contribution in [-0.4, -0.2) is 39.3 Å². The van der Waals surface area contributed by atoms with Crippen LogP contribution in [-0.2, 0) is 0 Å². The number of benzene rings is 2. The van der Waals surface area contributed by atoms with Crippen molar-refractivity contribution in [3.8, 4) is 5.69 Å². The van der Waals surface area contributed by atoms with Crippen molar-refractivity contribution in [3.05, 3.63) is 60.7 Å². The van der Waals surface area contributed by atoms with Gasteiger partial charge in [0.05, 0.1) is 5.69 Å². The Morgan fingerprint density at radius 1 is 0.913 bits per heavy atom. The van der Waals surface area contributed by atoms with E-state index in [-0.39, 0.29) is 0 Å². The number of anilines is 2. The Hall–Kier alpha value is -2.89. The highest BCUT2D eigenvalue weighted by Crippen LogP contribution is 2.22. The minimum atomic E-state index is 0.337. The molecule has 0 bridgehead atoms. The normalized spacial score (nSPS) is 17.4. The monoisotopic (exact) mass is 306 g/mol. The van der Waals surface area contributed by atoms with Crippen molar-refractivity contribution in [2.24, 2.45) is 0 Å². The Bertz CT molecular complexity index is 755. The van der Waals surface area contributed by atoms with Crippen LogP contribution in [0.1, 0.15) is 6.42 Å². The first-order valence-electron chi connectivity index (χ1n) is 7.80. The smallest absolute Gasteiger partial charge is 0.248 e. The van der Waals surface area contributed by atoms with Crippen LogP contribution in [0, 0.1) is 0 Å². The molecule has 116 valence electrons. The highest BCUT2D eigenvalue weighted by molar-refractivity contribution is 5.48. The van der Waals surface area contributed by atoms with Crippen LogP contribution in [0.15, 0.2) is 60.7 Å². The average Bonchev–Trinajstić information content (AvgIpc) is 3.26. The lowest BCUT2D eigenvalue weighted by Crippen LogP contribution is -2.27. The maximum absolute atomic E-state index is 4.13. The molecule has 1 saturated heterocycles. The second kappa shape index (κ2) is 6.08. The van der Waals surface area contributed by atoms with E-state index < -0.39 is 0 Å². The number of nitrogens with one attached hydrogen (secondary N) is 1. The van der Waals surface area contributed by atoms with Gasteiger partial charge >= 0.3 is 0 Å². The molecule has 1 atom stereocenters. The fourth-order valence-corrected chi connectivity index (χ4v) is 2.95. The highest BCUT2D eigenvalue weighted by Gasteiger charge is 2.24. The second-order valence-electron chi connectivity index (χ2n) is 5.66. The van der Waals surface area contributed by atoms with Gasteiger partial charge in [-0.3, -0.25) is 0 Å². The van der Waals surface area contributed by atoms with Gasteiger partial charge in [-0.05, 0) is 41.1 Å². The minimum Gasteiger partial charge on any atom is -0.369 e. The van der Waals surface area contributed by atoms with Gasteiger partial charge < -0.3 is 10.2 Å². The molecule has 1 N–H and O–H groups in total. The van der Waals surface area contributed by atoms with E-state index in [4.69, 9.17) is 0 Å². The van der Waals surface area contributed by atoms with Crippen LogP contribution >= 0.6 is 0 Å². The van der Waals surface area contributed by atoms with E-state index in [2.05, 4.69) is 50.0 Å². The van der Waals surface area contributed by atoms with Gasteiger partial charge in [-0.15, -0.1) is 0 Å². The number of hydrogen-bond donors (Lipinski definition) is 1. The minimum absolute atomic E-state index is 0.337. The number of para-hydroxylation sites is 2. The third-order valence-electron chi connectivity index (χ3n) is 4.11. The molecule has 1 aliphatic heterocycles. The van der Waals surface area contributed by atoms with Crippen molar-refractivity contribution in [2.75, 3.05) is 23.3 Å². The van der Waals surface area contributed by atoms with E-state index in [1.54, 1.807) is 4.68 Å². The van der Waals surface area contributed by atoms with Crippen LogP contribution < -0.4 is 10.2 Å². The standard InChI is InChI=1S/C17H18N6/c1-3-7-15(8-4-1)22-12-11-14(13-22)18-17-19-20-21-23(17)16-9-5-2-6-10-16/h1-10,14H,11-13H2,(H,18,19,21). The number of aromatic nitrogens is 4. The van der Waals surface area contributed by atoms with Gasteiger partial charge in [0, 0.05) is 24.8 Å². The first-order valence-corrected chi connectivity index (χ1v) is 7.80. The zero-order chi connectivity index (χ0) is 15.5. The summed E-state index contributed by atoms with van der Waals surface area (Å²) in [5.41, 5.74) is 2.22. The molecule has 6 nitrogen and oxygen atoms in total. The van der Waals surface area contributed by atoms with E-state index in [0.29, 0.717) is 12.0 Å². The summed E-state index contributed by atoms with van der Waals surface area (Å²) in [4.78, 5) is 2.38. The molecule has 1 aliphatic rings. The van der Waals surface area contributed by atoms with Crippen LogP contribution in [0.2, 0.25) is 0 Å². The lowest BCUT2D eigenvalue weighted by atomic mass is 10.2. The van der Waals surface area contributed by atoms with E-state index in [0.717, 1.165) is 25.2 Å². The molecule has 0 spiro atoms. The van der Waals surface area contributed by atoms with Gasteiger partial charge in [0.25, 0.3) is 0 Å². The summed E-state index contributed by atoms with van der Waals surface area (Å²) in [5.74, 6) is 0.691. The molecule has 2 aromatic carbocycles. The number of hydrogen-bond acceptors (Lipinski definition) is 5. The molecule has 1 aromatic heterocycles. The Morgan fingerprint density at radius 3 is 2.35 bits per heavy atom. The molecule has 3 aromatic rings. The maximum Gasteiger partial charge on any atom is 0.248 e. The van der Waals surface area contributed by atoms with E-state index in [1.807, 2.05) is 36.4 Å². The fraction of sp³-hybridized carbons (Fsp3) is 0.235. The Labute approximate surface area is 134 Å². The molecule has 0 aliphatic carbocycles. The number of rotatable bonds is 4. The van der Waals surface area contributed by atoms with Crippen molar-refractivity contribution in [3.63, 3.8) is 0 Å². The molecular weight excluding hydrogens is 288 g/mol. The topological polar surface area (TPSA) is 58.9 Å². The molecule has 1 unspecified atom stereocenters. The number of tetrazole rings is 1. The first-order chi connectivity index (χ1) is 11.4. The molecule has 4 rings (SSSR count). The van der Waals surface area contributed by atoms with Crippen LogP contribution in [0.5, 0.6) is 0 Å². The molecule has 23 heavy (non-hydrogen) atoms. The SMILES string of the molecule is c1ccc(N2CCC(Nc3nnnn3-c3ccccc3)C2)cc1. The van der Waals surface area contributed by atoms with Crippen molar-refractivity contribution >= 4 is 11.6 Å². The predicted octanol–water partition coefficient (Wildman–Crippen LogP) is 2.35. The van der Waals surface area contributed by atoms with Crippen molar-refractivity contribution in [2.45, 2.75) is 12.5 Å². The van der Waals surface area contributed by atoms with Crippen LogP contribution in [0.3, 0.4) is 0 Å². The maximum atomic E-state index is 4.13. The molecule has 0 amide bonds. The van der Waals surface area contributed by atoms with E-state index in [9.17, 15) is 0 Å². The summed E-state index contributed by atoms with van der Waals surface area (Å²) in [6.45, 7) is 1.99. The zero-order valence-electron chi connectivity index (χ0n) is 12.7. The first kappa shape index (κ1) is 13.8. The van der Waals surface area contributed by atoms with E-state index in [1.165, 1.54) is 5.69 Å².